The lowest BCUT2D eigenvalue weighted by molar-refractivity contribution is -0.135. The van der Waals surface area contributed by atoms with Crippen LogP contribution < -0.4 is 5.56 Å². The predicted molar refractivity (Wildman–Crippen MR) is 98.6 cm³/mol. The highest BCUT2D eigenvalue weighted by atomic mass is 16.2. The highest BCUT2D eigenvalue weighted by Crippen LogP contribution is 2.31. The van der Waals surface area contributed by atoms with Gasteiger partial charge < -0.3 is 9.88 Å². The van der Waals surface area contributed by atoms with E-state index in [0.717, 1.165) is 37.1 Å². The third-order valence-electron chi connectivity index (χ3n) is 5.59. The normalized spacial score (nSPS) is 21.1. The van der Waals surface area contributed by atoms with Gasteiger partial charge >= 0.3 is 0 Å². The number of rotatable bonds is 3. The van der Waals surface area contributed by atoms with E-state index < -0.39 is 0 Å². The molecule has 1 saturated heterocycles. The van der Waals surface area contributed by atoms with Crippen molar-refractivity contribution in [3.05, 3.63) is 46.6 Å². The number of likely N-dealkylation sites (tertiary alicyclic amines) is 1. The number of aromatic amines is 1. The van der Waals surface area contributed by atoms with Crippen molar-refractivity contribution in [3.63, 3.8) is 0 Å². The van der Waals surface area contributed by atoms with Gasteiger partial charge in [-0.2, -0.15) is 0 Å². The number of pyridine rings is 1. The molecule has 0 aromatic carbocycles. The SMILES string of the molecule is O=C(C1CCCCC1)N1CC[C@H](c2cc(=O)[nH]c(-c3ccncc3)n2)C1. The Bertz CT molecular complexity index is 827. The predicted octanol–water partition coefficient (Wildman–Crippen LogP) is 2.73. The lowest BCUT2D eigenvalue weighted by atomic mass is 9.88. The number of amides is 1. The minimum atomic E-state index is -0.154. The highest BCUT2D eigenvalue weighted by molar-refractivity contribution is 5.79. The van der Waals surface area contributed by atoms with E-state index in [0.29, 0.717) is 18.3 Å². The van der Waals surface area contributed by atoms with E-state index in [4.69, 9.17) is 0 Å². The van der Waals surface area contributed by atoms with Gasteiger partial charge in [-0.1, -0.05) is 19.3 Å². The van der Waals surface area contributed by atoms with Gasteiger partial charge in [0.05, 0.1) is 5.69 Å². The van der Waals surface area contributed by atoms with E-state index in [2.05, 4.69) is 15.0 Å². The van der Waals surface area contributed by atoms with Crippen molar-refractivity contribution < 1.29 is 4.79 Å². The third kappa shape index (κ3) is 3.54. The molecule has 3 heterocycles. The standard InChI is InChI=1S/C20H24N4O2/c25-18-12-17(22-19(23-18)14-6-9-21-10-7-14)16-8-11-24(13-16)20(26)15-4-2-1-3-5-15/h6-7,9-10,12,15-16H,1-5,8,11,13H2,(H,22,23,25)/t16-/m0/s1. The molecule has 2 aliphatic rings. The molecule has 2 aromatic rings. The van der Waals surface area contributed by atoms with Crippen molar-refractivity contribution in [2.75, 3.05) is 13.1 Å². The summed E-state index contributed by atoms with van der Waals surface area (Å²) in [5.74, 6) is 1.19. The number of aromatic nitrogens is 3. The molecule has 0 bridgehead atoms. The van der Waals surface area contributed by atoms with Crippen LogP contribution in [0.15, 0.2) is 35.4 Å². The molecule has 26 heavy (non-hydrogen) atoms. The molecule has 2 fully saturated rings. The summed E-state index contributed by atoms with van der Waals surface area (Å²) in [5, 5.41) is 0. The molecular formula is C20H24N4O2. The largest absolute Gasteiger partial charge is 0.342 e. The number of carbonyl (C=O) groups is 1. The molecule has 0 unspecified atom stereocenters. The maximum Gasteiger partial charge on any atom is 0.251 e. The maximum atomic E-state index is 12.8. The van der Waals surface area contributed by atoms with Crippen molar-refractivity contribution in [3.8, 4) is 11.4 Å². The first-order valence-electron chi connectivity index (χ1n) is 9.51. The quantitative estimate of drug-likeness (QED) is 0.921. The van der Waals surface area contributed by atoms with Crippen LogP contribution in [0.3, 0.4) is 0 Å². The van der Waals surface area contributed by atoms with Gasteiger partial charge in [-0.3, -0.25) is 14.6 Å². The molecule has 1 amide bonds. The highest BCUT2D eigenvalue weighted by Gasteiger charge is 2.32. The number of carbonyl (C=O) groups excluding carboxylic acids is 1. The second-order valence-electron chi connectivity index (χ2n) is 7.36. The van der Waals surface area contributed by atoms with Crippen LogP contribution in [0.4, 0.5) is 0 Å². The zero-order chi connectivity index (χ0) is 17.9. The second-order valence-corrected chi connectivity index (χ2v) is 7.36. The Balaban J connectivity index is 1.51. The summed E-state index contributed by atoms with van der Waals surface area (Å²) in [6.07, 6.45) is 9.86. The van der Waals surface area contributed by atoms with Crippen LogP contribution in [-0.4, -0.2) is 38.8 Å². The Labute approximate surface area is 152 Å². The Morgan fingerprint density at radius 2 is 1.88 bits per heavy atom. The van der Waals surface area contributed by atoms with Gasteiger partial charge in [0, 0.05) is 48.9 Å². The lowest BCUT2D eigenvalue weighted by Crippen LogP contribution is -2.35. The van der Waals surface area contributed by atoms with Crippen LogP contribution in [0.25, 0.3) is 11.4 Å². The summed E-state index contributed by atoms with van der Waals surface area (Å²) in [6.45, 7) is 1.43. The van der Waals surface area contributed by atoms with Gasteiger partial charge in [0.15, 0.2) is 0 Å². The van der Waals surface area contributed by atoms with E-state index in [-0.39, 0.29) is 17.4 Å². The summed E-state index contributed by atoms with van der Waals surface area (Å²) in [5.41, 5.74) is 1.46. The Morgan fingerprint density at radius 3 is 2.65 bits per heavy atom. The van der Waals surface area contributed by atoms with Gasteiger partial charge in [-0.25, -0.2) is 4.98 Å². The van der Waals surface area contributed by atoms with Gasteiger partial charge in [0.1, 0.15) is 5.82 Å². The summed E-state index contributed by atoms with van der Waals surface area (Å²) in [7, 11) is 0. The van der Waals surface area contributed by atoms with Crippen molar-refractivity contribution in [1.82, 2.24) is 19.9 Å². The molecule has 1 aliphatic heterocycles. The fourth-order valence-corrected chi connectivity index (χ4v) is 4.14. The first-order chi connectivity index (χ1) is 12.7. The zero-order valence-corrected chi connectivity index (χ0v) is 14.9. The number of hydrogen-bond donors (Lipinski definition) is 1. The van der Waals surface area contributed by atoms with Gasteiger partial charge in [-0.05, 0) is 31.4 Å². The van der Waals surface area contributed by atoms with Crippen LogP contribution in [0.2, 0.25) is 0 Å². The van der Waals surface area contributed by atoms with Gasteiger partial charge in [-0.15, -0.1) is 0 Å². The number of nitrogens with zero attached hydrogens (tertiary/aromatic N) is 3. The van der Waals surface area contributed by atoms with Crippen molar-refractivity contribution in [1.29, 1.82) is 0 Å². The van der Waals surface area contributed by atoms with Crippen LogP contribution >= 0.6 is 0 Å². The van der Waals surface area contributed by atoms with Crippen LogP contribution in [-0.2, 0) is 4.79 Å². The van der Waals surface area contributed by atoms with Crippen LogP contribution in [0.5, 0.6) is 0 Å². The van der Waals surface area contributed by atoms with Gasteiger partial charge in [0.25, 0.3) is 5.56 Å². The first-order valence-corrected chi connectivity index (χ1v) is 9.51. The second kappa shape index (κ2) is 7.40. The van der Waals surface area contributed by atoms with E-state index in [9.17, 15) is 9.59 Å². The molecule has 4 rings (SSSR count). The zero-order valence-electron chi connectivity index (χ0n) is 14.9. The molecule has 1 saturated carbocycles. The molecule has 1 aliphatic carbocycles. The van der Waals surface area contributed by atoms with Crippen molar-refractivity contribution in [2.45, 2.75) is 44.4 Å². The first kappa shape index (κ1) is 16.9. The molecule has 6 heteroatoms. The maximum absolute atomic E-state index is 12.8. The summed E-state index contributed by atoms with van der Waals surface area (Å²) >= 11 is 0. The minimum absolute atomic E-state index is 0.130. The Morgan fingerprint density at radius 1 is 1.12 bits per heavy atom. The number of nitrogens with one attached hydrogen (secondary N) is 1. The van der Waals surface area contributed by atoms with E-state index in [1.165, 1.54) is 19.3 Å². The summed E-state index contributed by atoms with van der Waals surface area (Å²) in [6, 6.07) is 5.23. The topological polar surface area (TPSA) is 79.0 Å². The van der Waals surface area contributed by atoms with E-state index in [1.54, 1.807) is 18.5 Å². The molecule has 6 nitrogen and oxygen atoms in total. The number of hydrogen-bond acceptors (Lipinski definition) is 4. The Kier molecular flexibility index (Phi) is 4.82. The van der Waals surface area contributed by atoms with Crippen molar-refractivity contribution >= 4 is 5.91 Å². The van der Waals surface area contributed by atoms with E-state index >= 15 is 0 Å². The lowest BCUT2D eigenvalue weighted by Gasteiger charge is -2.26. The molecule has 1 atom stereocenters. The fourth-order valence-electron chi connectivity index (χ4n) is 4.14. The van der Waals surface area contributed by atoms with Crippen LogP contribution in [0.1, 0.15) is 50.1 Å². The molecule has 136 valence electrons. The fraction of sp³-hybridized carbons (Fsp3) is 0.500. The average molecular weight is 352 g/mol. The molecule has 0 spiro atoms. The summed E-state index contributed by atoms with van der Waals surface area (Å²) in [4.78, 5) is 38.3. The molecular weight excluding hydrogens is 328 g/mol. The van der Waals surface area contributed by atoms with E-state index in [1.807, 2.05) is 17.0 Å². The molecule has 2 aromatic heterocycles. The third-order valence-corrected chi connectivity index (χ3v) is 5.59. The summed E-state index contributed by atoms with van der Waals surface area (Å²) < 4.78 is 0. The van der Waals surface area contributed by atoms with Gasteiger partial charge in [0.2, 0.25) is 5.91 Å². The molecule has 1 N–H and O–H groups in total. The average Bonchev–Trinajstić information content (AvgIpc) is 3.18. The van der Waals surface area contributed by atoms with Crippen molar-refractivity contribution in [2.24, 2.45) is 5.92 Å². The number of H-pyrrole nitrogens is 1. The monoisotopic (exact) mass is 352 g/mol. The Hall–Kier alpha value is -2.50. The molecule has 0 radical (unpaired) electrons. The minimum Gasteiger partial charge on any atom is -0.342 e. The smallest absolute Gasteiger partial charge is 0.251 e. The van der Waals surface area contributed by atoms with Crippen LogP contribution in [0, 0.1) is 5.92 Å².